The Morgan fingerprint density at radius 3 is 3.42 bits per heavy atom. The first-order valence-corrected chi connectivity index (χ1v) is 3.43. The summed E-state index contributed by atoms with van der Waals surface area (Å²) in [7, 11) is 0. The topological polar surface area (TPSA) is 67.8 Å². The van der Waals surface area contributed by atoms with Crippen molar-refractivity contribution in [2.75, 3.05) is 5.72 Å². The third-order valence-electron chi connectivity index (χ3n) is 1.55. The molecule has 0 aromatic carbocycles. The predicted molar refractivity (Wildman–Crippen MR) is 45.4 cm³/mol. The number of nitrogens with zero attached hydrogens (tertiary/aromatic N) is 1. The van der Waals surface area contributed by atoms with Crippen molar-refractivity contribution in [3.05, 3.63) is 23.9 Å². The Hall–Kier alpha value is -1.71. The number of furan rings is 1. The van der Waals surface area contributed by atoms with Gasteiger partial charge < -0.3 is 10.1 Å². The van der Waals surface area contributed by atoms with Crippen LogP contribution in [0.3, 0.4) is 0 Å². The second-order valence-electron chi connectivity index (χ2n) is 2.43. The Labute approximate surface area is 75.2 Å². The Balaban J connectivity index is 2.60. The highest BCUT2D eigenvalue weighted by Gasteiger charge is 2.07. The molecular weight excluding hydrogens is 154 g/mol. The number of aromatic nitrogens is 2. The van der Waals surface area contributed by atoms with Gasteiger partial charge in [-0.25, -0.2) is 0 Å². The van der Waals surface area contributed by atoms with E-state index < -0.39 is 0 Å². The van der Waals surface area contributed by atoms with E-state index in [9.17, 15) is 0 Å². The number of aromatic amines is 1. The molecule has 0 saturated carbocycles. The number of hydrogen-bond donors (Lipinski definition) is 2. The molecule has 12 heavy (non-hydrogen) atoms. The van der Waals surface area contributed by atoms with Crippen LogP contribution in [0.15, 0.2) is 22.8 Å². The van der Waals surface area contributed by atoms with Crippen molar-refractivity contribution in [1.29, 1.82) is 0 Å². The van der Waals surface area contributed by atoms with E-state index in [1.807, 2.05) is 0 Å². The third kappa shape index (κ3) is 0.972. The number of aryl methyl sites for hydroxylation is 1. The lowest BCUT2D eigenvalue weighted by Gasteiger charge is -1.89. The minimum atomic E-state index is -0.231. The van der Waals surface area contributed by atoms with Gasteiger partial charge in [-0.2, -0.15) is 5.10 Å². The van der Waals surface area contributed by atoms with E-state index in [4.69, 9.17) is 10.0 Å². The lowest BCUT2D eigenvalue weighted by molar-refractivity contribution is 0.578. The van der Waals surface area contributed by atoms with Crippen LogP contribution in [0, 0.1) is 6.92 Å². The minimum absolute atomic E-state index is 0.164. The van der Waals surface area contributed by atoms with E-state index >= 15 is 0 Å². The molecule has 2 aromatic rings. The van der Waals surface area contributed by atoms with Crippen LogP contribution in [0.25, 0.3) is 11.5 Å². The molecule has 0 radical (unpaired) electrons. The van der Waals surface area contributed by atoms with Crippen LogP contribution in [-0.2, 0) is 0 Å². The van der Waals surface area contributed by atoms with Gasteiger partial charge in [0.05, 0.1) is 7.63 Å². The summed E-state index contributed by atoms with van der Waals surface area (Å²) in [5.74, 6) is 0.157. The number of anilines is 1. The number of nitrogens with one attached hydrogen (secondary N) is 1. The van der Waals surface area contributed by atoms with E-state index in [0.29, 0.717) is 10.9 Å². The highest BCUT2D eigenvalue weighted by Crippen LogP contribution is 2.22. The maximum atomic E-state index is 7.73. The molecule has 0 saturated heterocycles. The molecule has 2 heterocycles. The van der Waals surface area contributed by atoms with Crippen LogP contribution in [0.5, 0.6) is 0 Å². The number of rotatable bonds is 2. The normalized spacial score (nSPS) is 14.8. The largest absolute Gasteiger partial charge is 0.462 e. The maximum absolute atomic E-state index is 7.73. The molecule has 2 rings (SSSR count). The van der Waals surface area contributed by atoms with Crippen molar-refractivity contribution in [2.24, 2.45) is 0 Å². The van der Waals surface area contributed by atoms with Gasteiger partial charge in [-0.1, -0.05) is 0 Å². The lowest BCUT2D eigenvalue weighted by Crippen LogP contribution is -1.81. The zero-order chi connectivity index (χ0) is 11.9. The highest BCUT2D eigenvalue weighted by molar-refractivity contribution is 5.59. The SMILES string of the molecule is [2H]c1c(-c2occc2C)nn([2H])c1N([2H])[2H]. The van der Waals surface area contributed by atoms with E-state index in [1.54, 1.807) is 13.0 Å². The Morgan fingerprint density at radius 1 is 1.92 bits per heavy atom. The summed E-state index contributed by atoms with van der Waals surface area (Å²) in [5.41, 5.74) is 1.14. The van der Waals surface area contributed by atoms with E-state index in [1.165, 1.54) is 6.26 Å². The molecule has 0 bridgehead atoms. The molecule has 62 valence electrons. The first kappa shape index (κ1) is 3.80. The molecule has 0 aliphatic heterocycles. The summed E-state index contributed by atoms with van der Waals surface area (Å²) in [6.45, 7) is 1.79. The number of nitrogens with two attached hydrogens (primary N) is 1. The molecule has 4 heteroatoms. The predicted octanol–water partition coefficient (Wildman–Crippen LogP) is 1.56. The van der Waals surface area contributed by atoms with Crippen molar-refractivity contribution in [2.45, 2.75) is 6.92 Å². The van der Waals surface area contributed by atoms with Crippen molar-refractivity contribution in [3.8, 4) is 11.5 Å². The van der Waals surface area contributed by atoms with Gasteiger partial charge >= 0.3 is 0 Å². The molecule has 0 atom stereocenters. The van der Waals surface area contributed by atoms with Crippen LogP contribution in [-0.4, -0.2) is 10.2 Å². The average molecular weight is 167 g/mol. The second-order valence-corrected chi connectivity index (χ2v) is 2.43. The second kappa shape index (κ2) is 2.41. The number of hydrogen-bond acceptors (Lipinski definition) is 3. The number of nitrogen functional groups attached to an aromatic ring is 1. The molecule has 0 unspecified atom stereocenters. The van der Waals surface area contributed by atoms with Gasteiger partial charge in [0, 0.05) is 6.04 Å². The Morgan fingerprint density at radius 2 is 2.83 bits per heavy atom. The van der Waals surface area contributed by atoms with Gasteiger partial charge in [0.1, 0.15) is 11.5 Å². The smallest absolute Gasteiger partial charge is 0.192 e. The van der Waals surface area contributed by atoms with E-state index in [2.05, 4.69) is 5.10 Å². The fourth-order valence-corrected chi connectivity index (χ4v) is 0.971. The van der Waals surface area contributed by atoms with Crippen molar-refractivity contribution >= 4 is 5.82 Å². The summed E-state index contributed by atoms with van der Waals surface area (Å²) in [4.78, 5) is 0. The molecule has 0 fully saturated rings. The summed E-state index contributed by atoms with van der Waals surface area (Å²) in [6, 6.07) is 1.55. The molecule has 4 nitrogen and oxygen atoms in total. The van der Waals surface area contributed by atoms with Gasteiger partial charge in [-0.05, 0) is 18.6 Å². The van der Waals surface area contributed by atoms with Crippen LogP contribution < -0.4 is 5.72 Å². The maximum Gasteiger partial charge on any atom is 0.192 e. The van der Waals surface area contributed by atoms with Gasteiger partial charge in [-0.3, -0.25) is 5.09 Å². The minimum Gasteiger partial charge on any atom is -0.462 e. The Kier molecular flexibility index (Phi) is 0.762. The first-order valence-electron chi connectivity index (χ1n) is 5.27. The third-order valence-corrected chi connectivity index (χ3v) is 1.55. The molecule has 0 aliphatic rings. The van der Waals surface area contributed by atoms with E-state index in [0.717, 1.165) is 5.56 Å². The Bertz CT molecular complexity index is 519. The zero-order valence-electron chi connectivity index (χ0n) is 10.4. The highest BCUT2D eigenvalue weighted by atomic mass is 16.3. The van der Waals surface area contributed by atoms with E-state index in [-0.39, 0.29) is 23.3 Å². The molecule has 3 N–H and O–H groups in total. The van der Waals surface area contributed by atoms with Crippen LogP contribution in [0.4, 0.5) is 5.82 Å². The fraction of sp³-hybridized carbons (Fsp3) is 0.125. The van der Waals surface area contributed by atoms with Gasteiger partial charge in [0.15, 0.2) is 10.00 Å². The number of H-pyrrole nitrogens is 1. The van der Waals surface area contributed by atoms with Crippen molar-refractivity contribution < 1.29 is 10.0 Å². The lowest BCUT2D eigenvalue weighted by atomic mass is 10.2. The molecule has 0 aliphatic carbocycles. The summed E-state index contributed by atoms with van der Waals surface area (Å²) in [6.07, 6.45) is 1.46. The quantitative estimate of drug-likeness (QED) is 0.713. The summed E-state index contributed by atoms with van der Waals surface area (Å²) >= 11 is 0. The standard InChI is InChI=1S/C8H9N3O/c1-5-2-3-12-8(5)6-4-7(9)11-10-6/h2-4H,1H3,(H3,9,10,11)/i4D/hD3. The van der Waals surface area contributed by atoms with Crippen molar-refractivity contribution in [1.82, 2.24) is 10.2 Å². The van der Waals surface area contributed by atoms with Gasteiger partial charge in [0.25, 0.3) is 0 Å². The molecule has 0 spiro atoms. The van der Waals surface area contributed by atoms with Gasteiger partial charge in [-0.15, -0.1) is 0 Å². The average Bonchev–Trinajstić information content (AvgIpc) is 2.70. The molecule has 0 amide bonds. The van der Waals surface area contributed by atoms with Crippen LogP contribution >= 0.6 is 0 Å². The fourth-order valence-electron chi connectivity index (χ4n) is 0.971. The van der Waals surface area contributed by atoms with Crippen molar-refractivity contribution in [3.63, 3.8) is 0 Å². The summed E-state index contributed by atoms with van der Waals surface area (Å²) in [5, 5.41) is 4.32. The van der Waals surface area contributed by atoms with Crippen LogP contribution in [0.1, 0.15) is 6.93 Å². The monoisotopic (exact) mass is 167 g/mol. The molecular formula is C8H9N3O. The first-order chi connectivity index (χ1) is 7.52. The summed E-state index contributed by atoms with van der Waals surface area (Å²) < 4.78 is 34.4. The van der Waals surface area contributed by atoms with Gasteiger partial charge in [0.2, 0.25) is 0 Å². The molecule has 2 aromatic heterocycles. The zero-order valence-corrected chi connectivity index (χ0v) is 6.40. The van der Waals surface area contributed by atoms with Crippen LogP contribution in [0.2, 0.25) is 4.24 Å².